The number of halogens is 3. The van der Waals surface area contributed by atoms with Crippen LogP contribution in [-0.4, -0.2) is 55.2 Å². The average Bonchev–Trinajstić information content (AvgIpc) is 2.83. The summed E-state index contributed by atoms with van der Waals surface area (Å²) in [6.07, 6.45) is 0.320. The number of nitrogens with zero attached hydrogens (tertiary/aromatic N) is 3. The first kappa shape index (κ1) is 26.0. The summed E-state index contributed by atoms with van der Waals surface area (Å²) in [6.45, 7) is 3.38. The normalized spacial score (nSPS) is 15.2. The number of nitrogens with two attached hydrogens (primary N) is 1. The number of anilines is 2. The number of alkyl halides is 3. The molecule has 0 bridgehead atoms. The van der Waals surface area contributed by atoms with Crippen LogP contribution in [0, 0.1) is 17.2 Å². The van der Waals surface area contributed by atoms with Crippen molar-refractivity contribution >= 4 is 23.1 Å². The van der Waals surface area contributed by atoms with Gasteiger partial charge in [-0.25, -0.2) is 4.98 Å². The van der Waals surface area contributed by atoms with Crippen LogP contribution in [0.2, 0.25) is 0 Å². The van der Waals surface area contributed by atoms with Crippen LogP contribution in [0.25, 0.3) is 11.3 Å². The van der Waals surface area contributed by atoms with Gasteiger partial charge < -0.3 is 20.7 Å². The van der Waals surface area contributed by atoms with Crippen LogP contribution in [0.15, 0.2) is 24.3 Å². The minimum absolute atomic E-state index is 0.0461. The van der Waals surface area contributed by atoms with Crippen molar-refractivity contribution in [2.24, 2.45) is 5.92 Å². The molecule has 34 heavy (non-hydrogen) atoms. The molecule has 0 atom stereocenters. The number of ether oxygens (including phenoxy) is 1. The molecule has 0 spiro atoms. The highest BCUT2D eigenvalue weighted by Crippen LogP contribution is 2.39. The molecule has 1 aliphatic heterocycles. The van der Waals surface area contributed by atoms with Crippen LogP contribution in [-0.2, 0) is 6.18 Å². The van der Waals surface area contributed by atoms with E-state index in [0.29, 0.717) is 11.6 Å². The molecule has 3 rings (SSSR count). The highest BCUT2D eigenvalue weighted by molar-refractivity contribution is 7.98. The predicted molar refractivity (Wildman–Crippen MR) is 131 cm³/mol. The first-order valence-electron chi connectivity index (χ1n) is 11.2. The number of rotatable bonds is 9. The van der Waals surface area contributed by atoms with Crippen molar-refractivity contribution in [1.82, 2.24) is 9.88 Å². The zero-order chi connectivity index (χ0) is 24.7. The summed E-state index contributed by atoms with van der Waals surface area (Å²) < 4.78 is 47.1. The van der Waals surface area contributed by atoms with Gasteiger partial charge in [0, 0.05) is 24.9 Å². The van der Waals surface area contributed by atoms with Gasteiger partial charge in [0.05, 0.1) is 29.2 Å². The number of nitrogens with one attached hydrogen (secondary N) is 1. The fourth-order valence-electron chi connectivity index (χ4n) is 4.09. The highest BCUT2D eigenvalue weighted by atomic mass is 32.2. The molecule has 10 heteroatoms. The van der Waals surface area contributed by atoms with Crippen LogP contribution in [0.1, 0.15) is 30.5 Å². The van der Waals surface area contributed by atoms with E-state index in [0.717, 1.165) is 50.7 Å². The molecule has 0 unspecified atom stereocenters. The van der Waals surface area contributed by atoms with Gasteiger partial charge in [0.2, 0.25) is 0 Å². The summed E-state index contributed by atoms with van der Waals surface area (Å²) in [5, 5.41) is 12.1. The molecule has 184 valence electrons. The van der Waals surface area contributed by atoms with E-state index in [4.69, 9.17) is 10.5 Å². The zero-order valence-corrected chi connectivity index (χ0v) is 20.2. The molecule has 0 amide bonds. The lowest BCUT2D eigenvalue weighted by molar-refractivity contribution is -0.138. The number of aromatic nitrogens is 1. The second-order valence-electron chi connectivity index (χ2n) is 8.30. The zero-order valence-electron chi connectivity index (χ0n) is 19.4. The summed E-state index contributed by atoms with van der Waals surface area (Å²) >= 11 is 1.83. The molecule has 2 aromatic rings. The molecule has 1 aromatic carbocycles. The van der Waals surface area contributed by atoms with Gasteiger partial charge in [-0.2, -0.15) is 30.2 Å². The molecule has 1 aromatic heterocycles. The third kappa shape index (κ3) is 6.48. The maximum Gasteiger partial charge on any atom is 0.419 e. The van der Waals surface area contributed by atoms with Gasteiger partial charge >= 0.3 is 6.18 Å². The Morgan fingerprint density at radius 2 is 2.03 bits per heavy atom. The van der Waals surface area contributed by atoms with E-state index in [1.807, 2.05) is 17.8 Å². The number of likely N-dealkylation sites (tertiary alicyclic amines) is 1. The Bertz CT molecular complexity index is 1020. The Balaban J connectivity index is 1.71. The third-order valence-electron chi connectivity index (χ3n) is 6.12. The average molecular weight is 494 g/mol. The quantitative estimate of drug-likeness (QED) is 0.502. The Morgan fingerprint density at radius 3 is 2.65 bits per heavy atom. The lowest BCUT2D eigenvalue weighted by Crippen LogP contribution is -2.35. The molecule has 0 aliphatic carbocycles. The van der Waals surface area contributed by atoms with Crippen LogP contribution < -0.4 is 15.8 Å². The van der Waals surface area contributed by atoms with Crippen molar-refractivity contribution in [2.75, 3.05) is 56.3 Å². The number of piperidine rings is 1. The second-order valence-corrected chi connectivity index (χ2v) is 9.29. The molecule has 6 nitrogen and oxygen atoms in total. The monoisotopic (exact) mass is 493 g/mol. The van der Waals surface area contributed by atoms with E-state index in [1.165, 1.54) is 18.2 Å². The number of benzene rings is 1. The van der Waals surface area contributed by atoms with E-state index in [-0.39, 0.29) is 35.0 Å². The first-order valence-corrected chi connectivity index (χ1v) is 12.6. The van der Waals surface area contributed by atoms with Gasteiger partial charge in [-0.1, -0.05) is 0 Å². The standard InChI is InChI=1S/C24H30F3N5OS/c1-30-20-14-19(31-21(15-28)23(20)29)17-3-4-22(18(13-17)24(25,26)27)33-11-7-16-5-8-32(9-6-16)10-12-34-2/h3-4,13-14,16H,5-12,29H2,1-2H3,(H,30,31). The molecule has 2 heterocycles. The SMILES string of the molecule is CNc1cc(-c2ccc(OCCC3CCN(CCSC)CC3)c(C(F)(F)F)c2)nc(C#N)c1N. The topological polar surface area (TPSA) is 87.2 Å². The molecule has 1 saturated heterocycles. The van der Waals surface area contributed by atoms with Crippen molar-refractivity contribution in [3.05, 3.63) is 35.5 Å². The number of nitrogen functional groups attached to an aromatic ring is 1. The number of hydrogen-bond acceptors (Lipinski definition) is 7. The minimum atomic E-state index is -4.59. The van der Waals surface area contributed by atoms with Crippen molar-refractivity contribution in [1.29, 1.82) is 5.26 Å². The van der Waals surface area contributed by atoms with Gasteiger partial charge in [0.15, 0.2) is 5.69 Å². The van der Waals surface area contributed by atoms with E-state index in [1.54, 1.807) is 7.05 Å². The molecule has 0 saturated carbocycles. The van der Waals surface area contributed by atoms with E-state index < -0.39 is 11.7 Å². The maximum absolute atomic E-state index is 13.8. The summed E-state index contributed by atoms with van der Waals surface area (Å²) in [4.78, 5) is 6.57. The van der Waals surface area contributed by atoms with E-state index >= 15 is 0 Å². The van der Waals surface area contributed by atoms with Crippen molar-refractivity contribution in [3.8, 4) is 23.1 Å². The fraction of sp³-hybridized carbons (Fsp3) is 0.500. The van der Waals surface area contributed by atoms with Crippen molar-refractivity contribution in [2.45, 2.75) is 25.4 Å². The molecule has 0 radical (unpaired) electrons. The smallest absolute Gasteiger partial charge is 0.419 e. The number of hydrogen-bond donors (Lipinski definition) is 2. The minimum Gasteiger partial charge on any atom is -0.493 e. The summed E-state index contributed by atoms with van der Waals surface area (Å²) in [6, 6.07) is 7.27. The predicted octanol–water partition coefficient (Wildman–Crippen LogP) is 5.11. The molecule has 3 N–H and O–H groups in total. The van der Waals surface area contributed by atoms with Gasteiger partial charge in [0.1, 0.15) is 11.8 Å². The lowest BCUT2D eigenvalue weighted by atomic mass is 9.94. The first-order chi connectivity index (χ1) is 16.3. The largest absolute Gasteiger partial charge is 0.493 e. The van der Waals surface area contributed by atoms with Gasteiger partial charge in [0.25, 0.3) is 0 Å². The maximum atomic E-state index is 13.8. The molecule has 1 fully saturated rings. The Labute approximate surface area is 202 Å². The van der Waals surface area contributed by atoms with Crippen LogP contribution in [0.3, 0.4) is 0 Å². The van der Waals surface area contributed by atoms with E-state index in [2.05, 4.69) is 21.5 Å². The van der Waals surface area contributed by atoms with Gasteiger partial charge in [-0.05, 0) is 68.8 Å². The fourth-order valence-corrected chi connectivity index (χ4v) is 4.53. The third-order valence-corrected chi connectivity index (χ3v) is 6.71. The van der Waals surface area contributed by atoms with Crippen LogP contribution in [0.4, 0.5) is 24.5 Å². The molecular weight excluding hydrogens is 463 g/mol. The number of pyridine rings is 1. The Hall–Kier alpha value is -2.64. The van der Waals surface area contributed by atoms with Crippen molar-refractivity contribution in [3.63, 3.8) is 0 Å². The Kier molecular flexibility index (Phi) is 8.91. The number of thioether (sulfide) groups is 1. The van der Waals surface area contributed by atoms with Gasteiger partial charge in [-0.15, -0.1) is 0 Å². The summed E-state index contributed by atoms with van der Waals surface area (Å²) in [5.41, 5.74) is 5.99. The lowest BCUT2D eigenvalue weighted by Gasteiger charge is -2.31. The summed E-state index contributed by atoms with van der Waals surface area (Å²) in [7, 11) is 1.61. The molecule has 1 aliphatic rings. The van der Waals surface area contributed by atoms with Crippen LogP contribution in [0.5, 0.6) is 5.75 Å². The second kappa shape index (κ2) is 11.7. The van der Waals surface area contributed by atoms with Crippen LogP contribution >= 0.6 is 11.8 Å². The molecular formula is C24H30F3N5OS. The number of nitriles is 1. The van der Waals surface area contributed by atoms with Crippen molar-refractivity contribution < 1.29 is 17.9 Å². The van der Waals surface area contributed by atoms with Gasteiger partial charge in [-0.3, -0.25) is 0 Å². The Morgan fingerprint density at radius 1 is 1.29 bits per heavy atom. The van der Waals surface area contributed by atoms with E-state index in [9.17, 15) is 18.4 Å². The summed E-state index contributed by atoms with van der Waals surface area (Å²) in [5.74, 6) is 1.38. The highest BCUT2D eigenvalue weighted by Gasteiger charge is 2.35.